The Balaban J connectivity index is 1.40. The van der Waals surface area contributed by atoms with Crippen LogP contribution in [0.5, 0.6) is 0 Å². The first kappa shape index (κ1) is 20.7. The van der Waals surface area contributed by atoms with E-state index in [4.69, 9.17) is 0 Å². The Morgan fingerprint density at radius 3 is 2.16 bits per heavy atom. The molecule has 0 spiro atoms. The Bertz CT molecular complexity index is 1340. The fraction of sp³-hybridized carbons (Fsp3) is 0.100. The van der Waals surface area contributed by atoms with Gasteiger partial charge in [0.2, 0.25) is 0 Å². The topological polar surface area (TPSA) is 17.1 Å². The lowest BCUT2D eigenvalue weighted by Crippen LogP contribution is -2.14. The van der Waals surface area contributed by atoms with E-state index in [1.165, 1.54) is 27.8 Å². The molecule has 0 aromatic heterocycles. The molecule has 1 nitrogen and oxygen atoms in total. The molecule has 0 bridgehead atoms. The fourth-order valence-corrected chi connectivity index (χ4v) is 4.82. The molecule has 4 aromatic rings. The van der Waals surface area contributed by atoms with E-state index in [0.29, 0.717) is 5.56 Å². The number of carbonyl (C=O) groups excluding carboxylic acids is 1. The molecule has 156 valence electrons. The monoisotopic (exact) mass is 478 g/mol. The molecule has 0 amide bonds. The molecule has 0 saturated carbocycles. The zero-order valence-corrected chi connectivity index (χ0v) is 19.7. The van der Waals surface area contributed by atoms with Crippen LogP contribution in [0.4, 0.5) is 0 Å². The highest BCUT2D eigenvalue weighted by molar-refractivity contribution is 9.10. The van der Waals surface area contributed by atoms with Gasteiger partial charge < -0.3 is 0 Å². The van der Waals surface area contributed by atoms with E-state index >= 15 is 0 Å². The van der Waals surface area contributed by atoms with Crippen molar-refractivity contribution in [3.8, 4) is 22.3 Å². The summed E-state index contributed by atoms with van der Waals surface area (Å²) in [5.41, 5.74) is 9.35. The van der Waals surface area contributed by atoms with Crippen molar-refractivity contribution in [2.45, 2.75) is 19.3 Å². The van der Waals surface area contributed by atoms with E-state index in [1.807, 2.05) is 54.6 Å². The second-order valence-electron chi connectivity index (χ2n) is 8.76. The number of hydrogen-bond donors (Lipinski definition) is 0. The predicted octanol–water partition coefficient (Wildman–Crippen LogP) is 8.32. The van der Waals surface area contributed by atoms with Gasteiger partial charge in [-0.25, -0.2) is 0 Å². The first-order valence-electron chi connectivity index (χ1n) is 10.8. The number of rotatable bonds is 4. The molecule has 0 unspecified atom stereocenters. The summed E-state index contributed by atoms with van der Waals surface area (Å²) in [6.07, 6.45) is 3.48. The molecule has 0 aliphatic heterocycles. The first-order valence-corrected chi connectivity index (χ1v) is 11.6. The van der Waals surface area contributed by atoms with Crippen LogP contribution in [0, 0.1) is 0 Å². The molecule has 0 saturated heterocycles. The number of allylic oxidation sites excluding steroid dienone is 1. The van der Waals surface area contributed by atoms with E-state index in [9.17, 15) is 4.79 Å². The molecular weight excluding hydrogens is 456 g/mol. The van der Waals surface area contributed by atoms with Gasteiger partial charge in [0, 0.05) is 15.5 Å². The van der Waals surface area contributed by atoms with E-state index < -0.39 is 0 Å². The molecule has 1 aliphatic carbocycles. The molecule has 0 N–H and O–H groups in total. The standard InChI is InChI=1S/C30H23BrO/c1-30(2)27-6-4-3-5-25(27)26-17-14-23(19-28(26)30)21-10-12-22(13-11-21)29(32)18-9-20-7-15-24(31)16-8-20/h3-19H,1-2H3. The van der Waals surface area contributed by atoms with Gasteiger partial charge >= 0.3 is 0 Å². The van der Waals surface area contributed by atoms with Crippen LogP contribution in [-0.4, -0.2) is 5.78 Å². The number of fused-ring (bicyclic) bond motifs is 3. The van der Waals surface area contributed by atoms with Crippen molar-refractivity contribution in [1.29, 1.82) is 0 Å². The van der Waals surface area contributed by atoms with Crippen molar-refractivity contribution in [2.75, 3.05) is 0 Å². The van der Waals surface area contributed by atoms with Gasteiger partial charge in [-0.2, -0.15) is 0 Å². The summed E-state index contributed by atoms with van der Waals surface area (Å²) in [5.74, 6) is 0.00463. The lowest BCUT2D eigenvalue weighted by molar-refractivity contribution is 0.104. The summed E-state index contributed by atoms with van der Waals surface area (Å²) >= 11 is 3.43. The number of halogens is 1. The average Bonchev–Trinajstić information content (AvgIpc) is 3.05. The Morgan fingerprint density at radius 2 is 1.41 bits per heavy atom. The zero-order chi connectivity index (χ0) is 22.3. The maximum Gasteiger partial charge on any atom is 0.185 e. The Hall–Kier alpha value is -3.23. The van der Waals surface area contributed by atoms with E-state index in [1.54, 1.807) is 6.08 Å². The van der Waals surface area contributed by atoms with Crippen molar-refractivity contribution < 1.29 is 4.79 Å². The maximum absolute atomic E-state index is 12.6. The van der Waals surface area contributed by atoms with Gasteiger partial charge in [-0.15, -0.1) is 0 Å². The van der Waals surface area contributed by atoms with Crippen LogP contribution in [0.1, 0.15) is 40.9 Å². The molecule has 5 rings (SSSR count). The Labute approximate surface area is 197 Å². The van der Waals surface area contributed by atoms with E-state index in [2.05, 4.69) is 72.2 Å². The highest BCUT2D eigenvalue weighted by atomic mass is 79.9. The third kappa shape index (κ3) is 3.65. The van der Waals surface area contributed by atoms with E-state index in [-0.39, 0.29) is 11.2 Å². The molecule has 32 heavy (non-hydrogen) atoms. The van der Waals surface area contributed by atoms with Gasteiger partial charge in [0.1, 0.15) is 0 Å². The van der Waals surface area contributed by atoms with Crippen LogP contribution in [0.25, 0.3) is 28.3 Å². The zero-order valence-electron chi connectivity index (χ0n) is 18.1. The lowest BCUT2D eigenvalue weighted by Gasteiger charge is -2.22. The van der Waals surface area contributed by atoms with Gasteiger partial charge in [0.05, 0.1) is 0 Å². The van der Waals surface area contributed by atoms with Gasteiger partial charge in [-0.05, 0) is 63.2 Å². The van der Waals surface area contributed by atoms with Crippen LogP contribution < -0.4 is 0 Å². The predicted molar refractivity (Wildman–Crippen MR) is 137 cm³/mol. The summed E-state index contributed by atoms with van der Waals surface area (Å²) in [4.78, 5) is 12.6. The SMILES string of the molecule is CC1(C)c2ccccc2-c2ccc(-c3ccc(C(=O)C=Cc4ccc(Br)cc4)cc3)cc21. The van der Waals surface area contributed by atoms with Gasteiger partial charge in [0.25, 0.3) is 0 Å². The number of benzene rings is 4. The minimum absolute atomic E-state index is 0.00463. The highest BCUT2D eigenvalue weighted by Gasteiger charge is 2.35. The molecule has 0 radical (unpaired) electrons. The molecule has 0 fully saturated rings. The minimum Gasteiger partial charge on any atom is -0.289 e. The largest absolute Gasteiger partial charge is 0.289 e. The van der Waals surface area contributed by atoms with Crippen molar-refractivity contribution in [1.82, 2.24) is 0 Å². The van der Waals surface area contributed by atoms with Crippen molar-refractivity contribution in [3.63, 3.8) is 0 Å². The maximum atomic E-state index is 12.6. The lowest BCUT2D eigenvalue weighted by atomic mass is 9.81. The minimum atomic E-state index is -0.0182. The summed E-state index contributed by atoms with van der Waals surface area (Å²) in [6.45, 7) is 4.59. The van der Waals surface area contributed by atoms with Crippen molar-refractivity contribution in [2.24, 2.45) is 0 Å². The second kappa shape index (κ2) is 8.03. The third-order valence-electron chi connectivity index (χ3n) is 6.38. The van der Waals surface area contributed by atoms with Crippen LogP contribution in [-0.2, 0) is 5.41 Å². The normalized spacial score (nSPS) is 13.7. The van der Waals surface area contributed by atoms with E-state index in [0.717, 1.165) is 15.6 Å². The van der Waals surface area contributed by atoms with Gasteiger partial charge in [0.15, 0.2) is 5.78 Å². The number of ketones is 1. The summed E-state index contributed by atoms with van der Waals surface area (Å²) in [6, 6.07) is 31.2. The summed E-state index contributed by atoms with van der Waals surface area (Å²) in [7, 11) is 0. The average molecular weight is 479 g/mol. The van der Waals surface area contributed by atoms with Crippen molar-refractivity contribution in [3.05, 3.63) is 124 Å². The Kier molecular flexibility index (Phi) is 5.19. The van der Waals surface area contributed by atoms with Crippen molar-refractivity contribution >= 4 is 27.8 Å². The summed E-state index contributed by atoms with van der Waals surface area (Å²) < 4.78 is 1.02. The fourth-order valence-electron chi connectivity index (χ4n) is 4.55. The molecule has 0 heterocycles. The quantitative estimate of drug-likeness (QED) is 0.212. The molecule has 4 aromatic carbocycles. The molecule has 1 aliphatic rings. The highest BCUT2D eigenvalue weighted by Crippen LogP contribution is 2.49. The molecule has 2 heteroatoms. The molecule has 0 atom stereocenters. The van der Waals surface area contributed by atoms with Gasteiger partial charge in [-0.3, -0.25) is 4.79 Å². The van der Waals surface area contributed by atoms with Crippen LogP contribution in [0.2, 0.25) is 0 Å². The third-order valence-corrected chi connectivity index (χ3v) is 6.91. The van der Waals surface area contributed by atoms with Crippen LogP contribution in [0.15, 0.2) is 102 Å². The first-order chi connectivity index (χ1) is 15.4. The van der Waals surface area contributed by atoms with Crippen LogP contribution in [0.3, 0.4) is 0 Å². The number of hydrogen-bond acceptors (Lipinski definition) is 1. The molecular formula is C30H23BrO. The summed E-state index contributed by atoms with van der Waals surface area (Å²) in [5, 5.41) is 0. The van der Waals surface area contributed by atoms with Crippen LogP contribution >= 0.6 is 15.9 Å². The smallest absolute Gasteiger partial charge is 0.185 e. The Morgan fingerprint density at radius 1 is 0.750 bits per heavy atom. The number of carbonyl (C=O) groups is 1. The second-order valence-corrected chi connectivity index (χ2v) is 9.67. The van der Waals surface area contributed by atoms with Gasteiger partial charge in [-0.1, -0.05) is 109 Å².